The Morgan fingerprint density at radius 1 is 0.690 bits per heavy atom. The van der Waals surface area contributed by atoms with E-state index in [2.05, 4.69) is 0 Å². The van der Waals surface area contributed by atoms with E-state index in [1.54, 1.807) is 0 Å². The molecule has 0 heterocycles. The third-order valence-corrected chi connectivity index (χ3v) is 5.53. The largest absolute Gasteiger partial charge is 0.508 e. The molecule has 0 aromatic heterocycles. The first-order valence-corrected chi connectivity index (χ1v) is 9.39. The molecule has 0 saturated heterocycles. The van der Waals surface area contributed by atoms with Crippen molar-refractivity contribution in [1.82, 2.24) is 0 Å². The summed E-state index contributed by atoms with van der Waals surface area (Å²) in [5.41, 5.74) is 1.61. The van der Waals surface area contributed by atoms with Crippen LogP contribution in [0.5, 0.6) is 11.5 Å². The highest BCUT2D eigenvalue weighted by Gasteiger charge is 2.59. The molecule has 4 rings (SSSR count). The molecule has 0 spiro atoms. The molecule has 1 fully saturated rings. The third kappa shape index (κ3) is 3.59. The molecule has 146 valence electrons. The van der Waals surface area contributed by atoms with Gasteiger partial charge >= 0.3 is 11.9 Å². The Morgan fingerprint density at radius 3 is 1.62 bits per heavy atom. The molecule has 0 radical (unpaired) electrons. The summed E-state index contributed by atoms with van der Waals surface area (Å²) in [7, 11) is 0. The number of aliphatic carboxylic acids is 1. The summed E-state index contributed by atoms with van der Waals surface area (Å²) in [6.07, 6.45) is 0. The van der Waals surface area contributed by atoms with Gasteiger partial charge in [0.15, 0.2) is 0 Å². The monoisotopic (exact) mass is 388 g/mol. The molecule has 0 amide bonds. The average Bonchev–Trinajstić information content (AvgIpc) is 2.70. The van der Waals surface area contributed by atoms with Crippen molar-refractivity contribution in [3.63, 3.8) is 0 Å². The van der Waals surface area contributed by atoms with Crippen LogP contribution >= 0.6 is 0 Å². The Balaban J connectivity index is 1.71. The van der Waals surface area contributed by atoms with E-state index >= 15 is 0 Å². The summed E-state index contributed by atoms with van der Waals surface area (Å²) >= 11 is 0. The number of aromatic hydroxyl groups is 1. The summed E-state index contributed by atoms with van der Waals surface area (Å²) in [4.78, 5) is 25.3. The lowest BCUT2D eigenvalue weighted by Crippen LogP contribution is -2.52. The smallest absolute Gasteiger partial charge is 0.315 e. The Kier molecular flexibility index (Phi) is 5.04. The van der Waals surface area contributed by atoms with Crippen LogP contribution in [0.15, 0.2) is 84.9 Å². The summed E-state index contributed by atoms with van der Waals surface area (Å²) in [5, 5.41) is 19.4. The van der Waals surface area contributed by atoms with Crippen LogP contribution < -0.4 is 4.74 Å². The van der Waals surface area contributed by atoms with E-state index in [-0.39, 0.29) is 5.75 Å². The minimum absolute atomic E-state index is 0.0729. The van der Waals surface area contributed by atoms with E-state index in [0.29, 0.717) is 5.75 Å². The van der Waals surface area contributed by atoms with Crippen molar-refractivity contribution in [3.05, 3.63) is 96.1 Å². The maximum Gasteiger partial charge on any atom is 0.315 e. The minimum atomic E-state index is -0.929. The van der Waals surface area contributed by atoms with E-state index in [1.807, 2.05) is 60.7 Å². The van der Waals surface area contributed by atoms with Crippen molar-refractivity contribution in [2.75, 3.05) is 0 Å². The van der Waals surface area contributed by atoms with E-state index in [0.717, 1.165) is 11.1 Å². The maximum atomic E-state index is 13.1. The van der Waals surface area contributed by atoms with Gasteiger partial charge in [0.05, 0.1) is 11.8 Å². The fourth-order valence-corrected chi connectivity index (χ4v) is 4.23. The molecule has 1 aliphatic carbocycles. The Labute approximate surface area is 168 Å². The second-order valence-electron chi connectivity index (χ2n) is 7.18. The molecular formula is C24H20O5. The number of carboxylic acid groups (broad SMARTS) is 1. The molecule has 3 aromatic carbocycles. The predicted molar refractivity (Wildman–Crippen MR) is 107 cm³/mol. The molecule has 5 heteroatoms. The average molecular weight is 388 g/mol. The van der Waals surface area contributed by atoms with Gasteiger partial charge in [0.1, 0.15) is 11.5 Å². The lowest BCUT2D eigenvalue weighted by Gasteiger charge is -2.48. The van der Waals surface area contributed by atoms with Gasteiger partial charge in [-0.2, -0.15) is 0 Å². The van der Waals surface area contributed by atoms with Gasteiger partial charge < -0.3 is 14.9 Å². The normalized spacial score (nSPS) is 23.0. The molecule has 29 heavy (non-hydrogen) atoms. The van der Waals surface area contributed by atoms with Gasteiger partial charge in [-0.05, 0) is 35.4 Å². The van der Waals surface area contributed by atoms with Gasteiger partial charge in [0.25, 0.3) is 0 Å². The first-order chi connectivity index (χ1) is 14.1. The zero-order chi connectivity index (χ0) is 20.4. The number of carbonyl (C=O) groups is 2. The first-order valence-electron chi connectivity index (χ1n) is 9.39. The maximum absolute atomic E-state index is 13.1. The summed E-state index contributed by atoms with van der Waals surface area (Å²) in [5.74, 6) is -3.34. The first kappa shape index (κ1) is 18.7. The van der Waals surface area contributed by atoms with Crippen molar-refractivity contribution in [3.8, 4) is 11.5 Å². The highest BCUT2D eigenvalue weighted by atomic mass is 16.5. The van der Waals surface area contributed by atoms with Crippen LogP contribution in [0.2, 0.25) is 0 Å². The number of carboxylic acids is 1. The summed E-state index contributed by atoms with van der Waals surface area (Å²) in [6, 6.07) is 24.4. The van der Waals surface area contributed by atoms with Crippen molar-refractivity contribution in [2.45, 2.75) is 11.8 Å². The lowest BCUT2D eigenvalue weighted by atomic mass is 9.52. The number of carbonyl (C=O) groups excluding carboxylic acids is 1. The van der Waals surface area contributed by atoms with Crippen LogP contribution in [0.4, 0.5) is 0 Å². The van der Waals surface area contributed by atoms with Crippen LogP contribution in [0.3, 0.4) is 0 Å². The number of rotatable bonds is 5. The van der Waals surface area contributed by atoms with Gasteiger partial charge in [-0.3, -0.25) is 9.59 Å². The van der Waals surface area contributed by atoms with Gasteiger partial charge in [0, 0.05) is 11.8 Å². The van der Waals surface area contributed by atoms with Crippen LogP contribution in [0.25, 0.3) is 0 Å². The molecular weight excluding hydrogens is 368 g/mol. The number of ether oxygens (including phenoxy) is 1. The van der Waals surface area contributed by atoms with Crippen molar-refractivity contribution in [2.24, 2.45) is 11.8 Å². The Bertz CT molecular complexity index is 951. The highest BCUT2D eigenvalue weighted by Crippen LogP contribution is 2.58. The van der Waals surface area contributed by atoms with Gasteiger partial charge in [-0.25, -0.2) is 0 Å². The van der Waals surface area contributed by atoms with E-state index in [9.17, 15) is 19.8 Å². The molecule has 1 aliphatic rings. The van der Waals surface area contributed by atoms with Crippen LogP contribution in [0.1, 0.15) is 23.0 Å². The van der Waals surface area contributed by atoms with Crippen LogP contribution in [-0.4, -0.2) is 22.2 Å². The molecule has 0 bridgehead atoms. The van der Waals surface area contributed by atoms with Gasteiger partial charge in [-0.15, -0.1) is 0 Å². The van der Waals surface area contributed by atoms with Gasteiger partial charge in [-0.1, -0.05) is 60.7 Å². The molecule has 5 nitrogen and oxygen atoms in total. The summed E-state index contributed by atoms with van der Waals surface area (Å²) < 4.78 is 5.56. The Morgan fingerprint density at radius 2 is 1.17 bits per heavy atom. The van der Waals surface area contributed by atoms with E-state index < -0.39 is 35.6 Å². The third-order valence-electron chi connectivity index (χ3n) is 5.53. The number of phenolic OH excluding ortho intramolecular Hbond substituents is 1. The number of hydrogen-bond donors (Lipinski definition) is 2. The zero-order valence-corrected chi connectivity index (χ0v) is 15.5. The zero-order valence-electron chi connectivity index (χ0n) is 15.5. The second-order valence-corrected chi connectivity index (χ2v) is 7.18. The number of benzene rings is 3. The van der Waals surface area contributed by atoms with E-state index in [1.165, 1.54) is 24.3 Å². The molecule has 2 N–H and O–H groups in total. The molecule has 0 unspecified atom stereocenters. The summed E-state index contributed by atoms with van der Waals surface area (Å²) in [6.45, 7) is 0. The Hall–Kier alpha value is -3.60. The molecule has 2 atom stereocenters. The van der Waals surface area contributed by atoms with E-state index in [4.69, 9.17) is 4.74 Å². The van der Waals surface area contributed by atoms with Crippen molar-refractivity contribution < 1.29 is 24.5 Å². The molecule has 3 aromatic rings. The van der Waals surface area contributed by atoms with Crippen molar-refractivity contribution in [1.29, 1.82) is 0 Å². The SMILES string of the molecule is O=C(O)C1[C@@H](c2ccccc2)C(C(=O)Oc2ccc(O)cc2)[C@@H]1c1ccccc1. The number of phenols is 1. The van der Waals surface area contributed by atoms with Crippen LogP contribution in [-0.2, 0) is 9.59 Å². The van der Waals surface area contributed by atoms with Gasteiger partial charge in [0.2, 0.25) is 0 Å². The quantitative estimate of drug-likeness (QED) is 0.506. The van der Waals surface area contributed by atoms with Crippen LogP contribution in [0, 0.1) is 11.8 Å². The highest BCUT2D eigenvalue weighted by molar-refractivity contribution is 5.85. The standard InChI is InChI=1S/C24H20O5/c25-17-11-13-18(14-12-17)29-24(28)22-19(15-7-3-1-4-8-15)21(23(26)27)20(22)16-9-5-2-6-10-16/h1-14,19-22,25H,(H,26,27)/t19-,20-,21?,22?/m1/s1. The fraction of sp³-hybridized carbons (Fsp3) is 0.167. The minimum Gasteiger partial charge on any atom is -0.508 e. The fourth-order valence-electron chi connectivity index (χ4n) is 4.23. The molecule has 0 aliphatic heterocycles. The molecule has 1 saturated carbocycles. The number of hydrogen-bond acceptors (Lipinski definition) is 4. The number of esters is 1. The predicted octanol–water partition coefficient (Wildman–Crippen LogP) is 4.20. The van der Waals surface area contributed by atoms with Crippen molar-refractivity contribution >= 4 is 11.9 Å². The second kappa shape index (κ2) is 7.80. The lowest BCUT2D eigenvalue weighted by molar-refractivity contribution is -0.158. The topological polar surface area (TPSA) is 83.8 Å².